The van der Waals surface area contributed by atoms with Gasteiger partial charge < -0.3 is 9.15 Å². The van der Waals surface area contributed by atoms with Crippen LogP contribution < -0.4 is 4.74 Å². The Bertz CT molecular complexity index is 785. The van der Waals surface area contributed by atoms with E-state index in [-0.39, 0.29) is 0 Å². The highest BCUT2D eigenvalue weighted by atomic mass is 16.5. The number of nitrogens with zero attached hydrogens (tertiary/aromatic N) is 4. The molecule has 0 aliphatic rings. The minimum absolute atomic E-state index is 0.586. The Morgan fingerprint density at radius 2 is 2.05 bits per heavy atom. The molecule has 0 N–H and O–H groups in total. The van der Waals surface area contributed by atoms with E-state index in [4.69, 9.17) is 9.15 Å². The topological polar surface area (TPSA) is 64.3 Å². The van der Waals surface area contributed by atoms with Crippen molar-refractivity contribution in [3.63, 3.8) is 0 Å². The van der Waals surface area contributed by atoms with E-state index in [2.05, 4.69) is 32.2 Å². The van der Waals surface area contributed by atoms with Gasteiger partial charge in [-0.1, -0.05) is 12.1 Å². The average Bonchev–Trinajstić information content (AvgIpc) is 2.92. The van der Waals surface area contributed by atoms with Gasteiger partial charge in [0.1, 0.15) is 11.3 Å². The van der Waals surface area contributed by atoms with Gasteiger partial charge >= 0.3 is 0 Å². The van der Waals surface area contributed by atoms with Crippen LogP contribution in [0.2, 0.25) is 0 Å². The number of fused-ring (bicyclic) bond motifs is 1. The van der Waals surface area contributed by atoms with Crippen molar-refractivity contribution in [2.45, 2.75) is 20.0 Å². The monoisotopic (exact) mass is 298 g/mol. The minimum Gasteiger partial charge on any atom is -0.494 e. The molecule has 0 amide bonds. The fraction of sp³-hybridized carbons (Fsp3) is 0.312. The summed E-state index contributed by atoms with van der Waals surface area (Å²) >= 11 is 0. The summed E-state index contributed by atoms with van der Waals surface area (Å²) in [7, 11) is 3.68. The molecule has 3 aromatic rings. The Hall–Kier alpha value is -2.47. The third kappa shape index (κ3) is 2.92. The molecule has 2 heterocycles. The molecule has 0 spiro atoms. The quantitative estimate of drug-likeness (QED) is 0.721. The highest BCUT2D eigenvalue weighted by Gasteiger charge is 2.11. The van der Waals surface area contributed by atoms with Crippen molar-refractivity contribution in [2.24, 2.45) is 0 Å². The zero-order chi connectivity index (χ0) is 15.5. The second-order valence-electron chi connectivity index (χ2n) is 5.21. The van der Waals surface area contributed by atoms with Crippen LogP contribution >= 0.6 is 0 Å². The first kappa shape index (κ1) is 14.5. The average molecular weight is 298 g/mol. The molecular weight excluding hydrogens is 280 g/mol. The van der Waals surface area contributed by atoms with E-state index in [1.165, 1.54) is 5.56 Å². The second-order valence-corrected chi connectivity index (χ2v) is 5.21. The van der Waals surface area contributed by atoms with Crippen molar-refractivity contribution in [3.8, 4) is 5.75 Å². The molecule has 0 radical (unpaired) electrons. The molecule has 3 rings (SSSR count). The number of benzene rings is 1. The van der Waals surface area contributed by atoms with Gasteiger partial charge in [-0.3, -0.25) is 9.88 Å². The zero-order valence-corrected chi connectivity index (χ0v) is 12.9. The lowest BCUT2D eigenvalue weighted by Gasteiger charge is -2.16. The van der Waals surface area contributed by atoms with E-state index >= 15 is 0 Å². The van der Waals surface area contributed by atoms with Crippen LogP contribution in [-0.4, -0.2) is 34.2 Å². The van der Waals surface area contributed by atoms with Crippen LogP contribution in [0.5, 0.6) is 5.75 Å². The first-order valence-corrected chi connectivity index (χ1v) is 7.05. The van der Waals surface area contributed by atoms with Gasteiger partial charge in [0.25, 0.3) is 0 Å². The van der Waals surface area contributed by atoms with Crippen LogP contribution in [0.3, 0.4) is 0 Å². The van der Waals surface area contributed by atoms with Gasteiger partial charge in [-0.2, -0.15) is 0 Å². The lowest BCUT2D eigenvalue weighted by Crippen LogP contribution is -2.17. The third-order valence-corrected chi connectivity index (χ3v) is 3.46. The Morgan fingerprint density at radius 1 is 1.18 bits per heavy atom. The molecule has 0 saturated heterocycles. The van der Waals surface area contributed by atoms with Crippen LogP contribution in [-0.2, 0) is 13.1 Å². The van der Waals surface area contributed by atoms with Gasteiger partial charge in [-0.05, 0) is 24.7 Å². The first-order valence-electron chi connectivity index (χ1n) is 7.05. The van der Waals surface area contributed by atoms with E-state index in [1.54, 1.807) is 20.2 Å². The number of pyridine rings is 1. The Kier molecular flexibility index (Phi) is 4.02. The predicted molar refractivity (Wildman–Crippen MR) is 82.5 cm³/mol. The SMILES string of the molecule is COc1ccc(CN(C)Cc2nnc(C)o2)c2cccnc12. The normalized spacial score (nSPS) is 11.3. The molecule has 0 saturated carbocycles. The maximum absolute atomic E-state index is 5.42. The molecule has 0 bridgehead atoms. The predicted octanol–water partition coefficient (Wildman–Crippen LogP) is 2.57. The minimum atomic E-state index is 0.586. The van der Waals surface area contributed by atoms with Crippen LogP contribution in [0.25, 0.3) is 10.9 Å². The highest BCUT2D eigenvalue weighted by Crippen LogP contribution is 2.27. The summed E-state index contributed by atoms with van der Waals surface area (Å²) in [6.45, 7) is 3.15. The molecule has 0 fully saturated rings. The molecule has 0 aliphatic heterocycles. The second kappa shape index (κ2) is 6.11. The first-order chi connectivity index (χ1) is 10.7. The summed E-state index contributed by atoms with van der Waals surface area (Å²) < 4.78 is 10.8. The maximum atomic E-state index is 5.42. The van der Waals surface area contributed by atoms with Gasteiger partial charge in [0.2, 0.25) is 11.8 Å². The lowest BCUT2D eigenvalue weighted by atomic mass is 10.1. The van der Waals surface area contributed by atoms with Crippen molar-refractivity contribution in [2.75, 3.05) is 14.2 Å². The summed E-state index contributed by atoms with van der Waals surface area (Å²) in [5.41, 5.74) is 2.06. The highest BCUT2D eigenvalue weighted by molar-refractivity contribution is 5.87. The van der Waals surface area contributed by atoms with Gasteiger partial charge in [0.15, 0.2) is 0 Å². The summed E-state index contributed by atoms with van der Waals surface area (Å²) in [5.74, 6) is 1.99. The Morgan fingerprint density at radius 3 is 2.77 bits per heavy atom. The molecule has 22 heavy (non-hydrogen) atoms. The molecule has 0 aliphatic carbocycles. The van der Waals surface area contributed by atoms with E-state index in [1.807, 2.05) is 19.2 Å². The number of rotatable bonds is 5. The third-order valence-electron chi connectivity index (χ3n) is 3.46. The largest absolute Gasteiger partial charge is 0.494 e. The fourth-order valence-electron chi connectivity index (χ4n) is 2.49. The summed E-state index contributed by atoms with van der Waals surface area (Å²) in [5, 5.41) is 8.97. The molecule has 0 unspecified atom stereocenters. The number of ether oxygens (including phenoxy) is 1. The summed E-state index contributed by atoms with van der Waals surface area (Å²) in [6.07, 6.45) is 1.78. The van der Waals surface area contributed by atoms with Crippen LogP contribution in [0.4, 0.5) is 0 Å². The molecule has 1 aromatic carbocycles. The van der Waals surface area contributed by atoms with Gasteiger partial charge in [-0.25, -0.2) is 0 Å². The molecule has 0 atom stereocenters. The smallest absolute Gasteiger partial charge is 0.230 e. The Labute approximate surface area is 128 Å². The maximum Gasteiger partial charge on any atom is 0.230 e. The number of methoxy groups -OCH3 is 1. The van der Waals surface area contributed by atoms with E-state index in [9.17, 15) is 0 Å². The molecule has 2 aromatic heterocycles. The fourth-order valence-corrected chi connectivity index (χ4v) is 2.49. The number of aryl methyl sites for hydroxylation is 1. The van der Waals surface area contributed by atoms with Crippen molar-refractivity contribution in [1.82, 2.24) is 20.1 Å². The zero-order valence-electron chi connectivity index (χ0n) is 12.9. The van der Waals surface area contributed by atoms with Crippen molar-refractivity contribution in [1.29, 1.82) is 0 Å². The number of aromatic nitrogens is 3. The van der Waals surface area contributed by atoms with Gasteiger partial charge in [-0.15, -0.1) is 10.2 Å². The molecule has 6 nitrogen and oxygen atoms in total. The number of hydrogen-bond donors (Lipinski definition) is 0. The van der Waals surface area contributed by atoms with Gasteiger partial charge in [0, 0.05) is 25.1 Å². The lowest BCUT2D eigenvalue weighted by molar-refractivity contribution is 0.279. The van der Waals surface area contributed by atoms with E-state index in [0.717, 1.165) is 23.2 Å². The van der Waals surface area contributed by atoms with Crippen LogP contribution in [0, 0.1) is 6.92 Å². The van der Waals surface area contributed by atoms with Crippen LogP contribution in [0.1, 0.15) is 17.3 Å². The summed E-state index contributed by atoms with van der Waals surface area (Å²) in [6, 6.07) is 8.02. The van der Waals surface area contributed by atoms with Crippen LogP contribution in [0.15, 0.2) is 34.9 Å². The standard InChI is InChI=1S/C16H18N4O2/c1-11-18-19-15(22-11)10-20(2)9-12-6-7-14(21-3)16-13(12)5-4-8-17-16/h4-8H,9-10H2,1-3H3. The molecule has 114 valence electrons. The van der Waals surface area contributed by atoms with Gasteiger partial charge in [0.05, 0.1) is 13.7 Å². The van der Waals surface area contributed by atoms with E-state index in [0.29, 0.717) is 18.3 Å². The molecular formula is C16H18N4O2. The number of hydrogen-bond acceptors (Lipinski definition) is 6. The molecule has 6 heteroatoms. The summed E-state index contributed by atoms with van der Waals surface area (Å²) in [4.78, 5) is 6.55. The van der Waals surface area contributed by atoms with E-state index < -0.39 is 0 Å². The Balaban J connectivity index is 1.84. The van der Waals surface area contributed by atoms with Crippen molar-refractivity contribution in [3.05, 3.63) is 47.8 Å². The van der Waals surface area contributed by atoms with Crippen molar-refractivity contribution >= 4 is 10.9 Å². The van der Waals surface area contributed by atoms with Crippen molar-refractivity contribution < 1.29 is 9.15 Å².